The fourth-order valence-electron chi connectivity index (χ4n) is 6.19. The molecule has 0 bridgehead atoms. The lowest BCUT2D eigenvalue weighted by molar-refractivity contribution is -0.120. The predicted molar refractivity (Wildman–Crippen MR) is 154 cm³/mol. The van der Waals surface area contributed by atoms with Gasteiger partial charge in [-0.1, -0.05) is 0 Å². The van der Waals surface area contributed by atoms with Crippen molar-refractivity contribution < 1.29 is 29.0 Å². The van der Waals surface area contributed by atoms with E-state index in [1.54, 1.807) is 17.9 Å². The van der Waals surface area contributed by atoms with Crippen LogP contribution >= 0.6 is 0 Å². The third-order valence-electron chi connectivity index (χ3n) is 8.77. The number of nitrogens with zero attached hydrogens (tertiary/aromatic N) is 6. The van der Waals surface area contributed by atoms with Gasteiger partial charge in [0.25, 0.3) is 11.8 Å². The van der Waals surface area contributed by atoms with Crippen molar-refractivity contribution in [3.8, 4) is 11.9 Å². The van der Waals surface area contributed by atoms with E-state index in [1.807, 2.05) is 20.2 Å². The fraction of sp³-hybridized carbons (Fsp3) is 0.517. The molecule has 14 nitrogen and oxygen atoms in total. The molecule has 3 N–H and O–H groups in total. The van der Waals surface area contributed by atoms with Crippen LogP contribution in [0.25, 0.3) is 0 Å². The van der Waals surface area contributed by atoms with Crippen molar-refractivity contribution in [3.05, 3.63) is 35.0 Å². The maximum atomic E-state index is 12.9. The SMILES string of the molecule is CC(C(=O)Nc1cc(C#N)c2c(c1)CC(O)(CN1CCC3(CC1)CN(c1cnc4c(n1)NC(=O)CO4)C(=O)O3)C2)N(C)C. The topological polar surface area (TPSA) is 173 Å². The number of nitrogens with one attached hydrogen (secondary N) is 2. The number of carbonyl (C=O) groups is 3. The first-order valence-corrected chi connectivity index (χ1v) is 14.2. The summed E-state index contributed by atoms with van der Waals surface area (Å²) in [7, 11) is 3.65. The summed E-state index contributed by atoms with van der Waals surface area (Å²) < 4.78 is 11.1. The summed E-state index contributed by atoms with van der Waals surface area (Å²) in [6, 6.07) is 5.42. The van der Waals surface area contributed by atoms with Crippen molar-refractivity contribution in [1.29, 1.82) is 5.26 Å². The van der Waals surface area contributed by atoms with Crippen molar-refractivity contribution in [1.82, 2.24) is 19.8 Å². The number of likely N-dealkylation sites (tertiary alicyclic amines) is 1. The summed E-state index contributed by atoms with van der Waals surface area (Å²) in [6.45, 7) is 3.57. The third-order valence-corrected chi connectivity index (χ3v) is 8.77. The van der Waals surface area contributed by atoms with Crippen LogP contribution in [-0.2, 0) is 27.2 Å². The normalized spacial score (nSPS) is 23.2. The largest absolute Gasteiger partial charge is 0.465 e. The van der Waals surface area contributed by atoms with Crippen LogP contribution in [0.4, 0.5) is 22.1 Å². The number of piperidine rings is 1. The summed E-state index contributed by atoms with van der Waals surface area (Å²) in [5.74, 6) is 0.124. The second-order valence-electron chi connectivity index (χ2n) is 12.1. The van der Waals surface area contributed by atoms with Crippen LogP contribution < -0.4 is 20.3 Å². The molecule has 4 aliphatic rings. The number of β-amino-alcohol motifs (C(OH)–C–C–N with tert-alkyl or cyclic N) is 1. The smallest absolute Gasteiger partial charge is 0.416 e. The highest BCUT2D eigenvalue weighted by molar-refractivity contribution is 5.95. The maximum Gasteiger partial charge on any atom is 0.416 e. The first kappa shape index (κ1) is 28.8. The van der Waals surface area contributed by atoms with Crippen LogP contribution in [0.1, 0.15) is 36.5 Å². The summed E-state index contributed by atoms with van der Waals surface area (Å²) in [4.78, 5) is 51.0. The molecule has 1 aliphatic carbocycles. The van der Waals surface area contributed by atoms with E-state index in [0.29, 0.717) is 63.1 Å². The molecule has 1 spiro atoms. The molecule has 0 saturated carbocycles. The molecular formula is C29H34N8O6. The number of likely N-dealkylation sites (N-methyl/N-ethyl adjacent to an activating group) is 1. The lowest BCUT2D eigenvalue weighted by Gasteiger charge is -2.40. The zero-order valence-electron chi connectivity index (χ0n) is 24.3. The number of benzene rings is 1. The lowest BCUT2D eigenvalue weighted by atomic mass is 9.89. The minimum atomic E-state index is -1.07. The zero-order valence-corrected chi connectivity index (χ0v) is 24.3. The van der Waals surface area contributed by atoms with Gasteiger partial charge in [0.1, 0.15) is 5.60 Å². The summed E-state index contributed by atoms with van der Waals surface area (Å²) in [5.41, 5.74) is 0.900. The van der Waals surface area contributed by atoms with Gasteiger partial charge in [0.05, 0.1) is 36.0 Å². The molecule has 4 heterocycles. The van der Waals surface area contributed by atoms with Gasteiger partial charge in [0.2, 0.25) is 5.91 Å². The number of aromatic nitrogens is 2. The number of ether oxygens (including phenoxy) is 2. The van der Waals surface area contributed by atoms with E-state index in [1.165, 1.54) is 11.1 Å². The molecule has 1 aromatic carbocycles. The molecular weight excluding hydrogens is 556 g/mol. The number of hydrogen-bond acceptors (Lipinski definition) is 11. The van der Waals surface area contributed by atoms with Crippen LogP contribution in [-0.4, -0.2) is 107 Å². The number of nitriles is 1. The number of rotatable bonds is 6. The van der Waals surface area contributed by atoms with Crippen LogP contribution in [0.5, 0.6) is 5.88 Å². The molecule has 2 saturated heterocycles. The Kier molecular flexibility index (Phi) is 7.19. The fourth-order valence-corrected chi connectivity index (χ4v) is 6.19. The first-order chi connectivity index (χ1) is 20.5. The molecule has 3 aliphatic heterocycles. The van der Waals surface area contributed by atoms with E-state index < -0.39 is 17.3 Å². The van der Waals surface area contributed by atoms with E-state index in [0.717, 1.165) is 11.1 Å². The predicted octanol–water partition coefficient (Wildman–Crippen LogP) is 0.889. The van der Waals surface area contributed by atoms with E-state index >= 15 is 0 Å². The summed E-state index contributed by atoms with van der Waals surface area (Å²) in [5, 5.41) is 27.0. The average Bonchev–Trinajstić information content (AvgIpc) is 3.48. The number of amides is 3. The van der Waals surface area contributed by atoms with Crippen LogP contribution in [0.15, 0.2) is 18.3 Å². The van der Waals surface area contributed by atoms with Crippen LogP contribution in [0.3, 0.4) is 0 Å². The summed E-state index contributed by atoms with van der Waals surface area (Å²) in [6.07, 6.45) is 2.75. The van der Waals surface area contributed by atoms with E-state index in [-0.39, 0.29) is 42.0 Å². The Labute approximate surface area is 248 Å². The van der Waals surface area contributed by atoms with E-state index in [4.69, 9.17) is 9.47 Å². The highest BCUT2D eigenvalue weighted by Crippen LogP contribution is 2.39. The van der Waals surface area contributed by atoms with Crippen molar-refractivity contribution in [2.75, 3.05) is 62.4 Å². The Morgan fingerprint density at radius 1 is 1.28 bits per heavy atom. The Morgan fingerprint density at radius 3 is 2.77 bits per heavy atom. The molecule has 2 fully saturated rings. The maximum absolute atomic E-state index is 12.9. The molecule has 2 unspecified atom stereocenters. The van der Waals surface area contributed by atoms with Gasteiger partial charge in [-0.3, -0.25) is 19.4 Å². The molecule has 2 atom stereocenters. The quantitative estimate of drug-likeness (QED) is 0.436. The number of fused-ring (bicyclic) bond motifs is 2. The molecule has 2 aromatic rings. The number of hydrogen-bond donors (Lipinski definition) is 3. The average molecular weight is 591 g/mol. The molecule has 43 heavy (non-hydrogen) atoms. The van der Waals surface area contributed by atoms with E-state index in [2.05, 4.69) is 31.6 Å². The number of carbonyl (C=O) groups excluding carboxylic acids is 3. The number of aliphatic hydroxyl groups is 1. The Morgan fingerprint density at radius 2 is 2.05 bits per heavy atom. The Hall–Kier alpha value is -4.32. The van der Waals surface area contributed by atoms with Crippen molar-refractivity contribution in [2.45, 2.75) is 49.9 Å². The van der Waals surface area contributed by atoms with Crippen LogP contribution in [0.2, 0.25) is 0 Å². The standard InChI is InChI=1S/C29H34N8O6/c1-17(35(2)3)25(39)32-20-8-18-10-28(41,11-21(18)19(9-20)12-30)15-36-6-4-29(5-7-36)16-37(27(40)43-29)22-13-31-26-24(33-22)34-23(38)14-42-26/h8-9,13,17,41H,4-7,10-11,14-16H2,1-3H3,(H,32,39)(H,33,34,38). The van der Waals surface area contributed by atoms with Gasteiger partial charge in [-0.15, -0.1) is 0 Å². The highest BCUT2D eigenvalue weighted by Gasteiger charge is 2.49. The minimum absolute atomic E-state index is 0.136. The van der Waals surface area contributed by atoms with Crippen molar-refractivity contribution >= 4 is 35.2 Å². The Balaban J connectivity index is 1.08. The lowest BCUT2D eigenvalue weighted by Crippen LogP contribution is -2.52. The molecule has 6 rings (SSSR count). The van der Waals surface area contributed by atoms with E-state index in [9.17, 15) is 24.8 Å². The first-order valence-electron chi connectivity index (χ1n) is 14.2. The van der Waals surface area contributed by atoms with Gasteiger partial charge in [-0.05, 0) is 44.3 Å². The highest BCUT2D eigenvalue weighted by atomic mass is 16.6. The second kappa shape index (κ2) is 10.7. The second-order valence-corrected chi connectivity index (χ2v) is 12.1. The van der Waals surface area contributed by atoms with Gasteiger partial charge in [-0.25, -0.2) is 14.8 Å². The monoisotopic (exact) mass is 590 g/mol. The summed E-state index contributed by atoms with van der Waals surface area (Å²) >= 11 is 0. The van der Waals surface area contributed by atoms with Crippen molar-refractivity contribution in [3.63, 3.8) is 0 Å². The van der Waals surface area contributed by atoms with Crippen molar-refractivity contribution in [2.24, 2.45) is 0 Å². The molecule has 3 amide bonds. The molecule has 14 heteroatoms. The minimum Gasteiger partial charge on any atom is -0.465 e. The van der Waals surface area contributed by atoms with Gasteiger partial charge in [0, 0.05) is 51.0 Å². The van der Waals surface area contributed by atoms with Gasteiger partial charge in [0.15, 0.2) is 18.2 Å². The molecule has 0 radical (unpaired) electrons. The van der Waals surface area contributed by atoms with Gasteiger partial charge >= 0.3 is 6.09 Å². The third kappa shape index (κ3) is 5.58. The van der Waals surface area contributed by atoms with Crippen LogP contribution in [0, 0.1) is 11.3 Å². The van der Waals surface area contributed by atoms with Gasteiger partial charge < -0.3 is 30.1 Å². The zero-order chi connectivity index (χ0) is 30.5. The molecule has 226 valence electrons. The van der Waals surface area contributed by atoms with Gasteiger partial charge in [-0.2, -0.15) is 5.26 Å². The Bertz CT molecular complexity index is 1530. The molecule has 1 aromatic heterocycles. The number of anilines is 3.